The molecule has 1 saturated heterocycles. The van der Waals surface area contributed by atoms with E-state index < -0.39 is 23.7 Å². The number of halogens is 1. The smallest absolute Gasteiger partial charge is 0.350 e. The molecule has 1 unspecified atom stereocenters. The Morgan fingerprint density at radius 3 is 2.58 bits per heavy atom. The van der Waals surface area contributed by atoms with Crippen LogP contribution >= 0.6 is 22.9 Å². The highest BCUT2D eigenvalue weighted by molar-refractivity contribution is 7.17. The number of nitrogens with zero attached hydrogens (tertiary/aromatic N) is 2. The molecule has 8 nitrogen and oxygen atoms in total. The number of benzene rings is 2. The number of amides is 1. The second-order valence-electron chi connectivity index (χ2n) is 8.58. The minimum atomic E-state index is -1.01. The lowest BCUT2D eigenvalue weighted by molar-refractivity contribution is -0.132. The number of unbranched alkanes of at least 4 members (excludes halogenated alkanes) is 1. The van der Waals surface area contributed by atoms with E-state index in [4.69, 9.17) is 21.1 Å². The second-order valence-corrected chi connectivity index (χ2v) is 10.00. The van der Waals surface area contributed by atoms with Gasteiger partial charge in [0.15, 0.2) is 5.13 Å². The van der Waals surface area contributed by atoms with Gasteiger partial charge >= 0.3 is 11.9 Å². The number of esters is 1. The number of hydrogen-bond donors (Lipinski definition) is 1. The normalized spacial score (nSPS) is 16.6. The Labute approximate surface area is 229 Å². The number of anilines is 1. The standard InChI is InChI=1S/C28H27ClN2O6S/c1-4-6-14-37-20-9-7-8-18(15-20)22-21(23(32)17-10-12-19(29)13-11-17)24(33)26(34)31(22)28-30-16(3)25(38-28)27(35)36-5-2/h7-13,15,22,32H,4-6,14H2,1-3H3/b23-21+. The quantitative estimate of drug-likeness (QED) is 0.112. The second kappa shape index (κ2) is 11.8. The molecule has 4 rings (SSSR count). The first-order valence-electron chi connectivity index (χ1n) is 12.2. The number of hydrogen-bond acceptors (Lipinski definition) is 8. The van der Waals surface area contributed by atoms with Crippen LogP contribution in [-0.2, 0) is 14.3 Å². The van der Waals surface area contributed by atoms with Crippen molar-refractivity contribution < 1.29 is 29.0 Å². The number of Topliss-reactive ketones (excluding diaryl/α,β-unsaturated/α-hetero) is 1. The van der Waals surface area contributed by atoms with Crippen LogP contribution in [0.3, 0.4) is 0 Å². The lowest BCUT2D eigenvalue weighted by Crippen LogP contribution is -2.29. The van der Waals surface area contributed by atoms with E-state index in [0.717, 1.165) is 24.2 Å². The number of carbonyl (C=O) groups is 3. The van der Waals surface area contributed by atoms with Gasteiger partial charge in [-0.15, -0.1) is 0 Å². The maximum absolute atomic E-state index is 13.4. The predicted octanol–water partition coefficient (Wildman–Crippen LogP) is 6.09. The summed E-state index contributed by atoms with van der Waals surface area (Å²) in [6.45, 7) is 6.08. The van der Waals surface area contributed by atoms with Crippen LogP contribution in [0, 0.1) is 6.92 Å². The SMILES string of the molecule is CCCCOc1cccc(C2/C(=C(\O)c3ccc(Cl)cc3)C(=O)C(=O)N2c2nc(C)c(C(=O)OCC)s2)c1. The number of ketones is 1. The van der Waals surface area contributed by atoms with Gasteiger partial charge in [0.25, 0.3) is 5.78 Å². The number of aryl methyl sites for hydroxylation is 1. The molecule has 1 aliphatic rings. The third-order valence-corrected chi connectivity index (χ3v) is 7.34. The molecule has 0 saturated carbocycles. The Hall–Kier alpha value is -3.69. The fraction of sp³-hybridized carbons (Fsp3) is 0.286. The Balaban J connectivity index is 1.87. The number of carbonyl (C=O) groups excluding carboxylic acids is 3. The largest absolute Gasteiger partial charge is 0.507 e. The van der Waals surface area contributed by atoms with E-state index in [1.165, 1.54) is 4.90 Å². The predicted molar refractivity (Wildman–Crippen MR) is 146 cm³/mol. The Morgan fingerprint density at radius 1 is 1.16 bits per heavy atom. The molecule has 1 aliphatic heterocycles. The highest BCUT2D eigenvalue weighted by Crippen LogP contribution is 2.44. The summed E-state index contributed by atoms with van der Waals surface area (Å²) in [5.74, 6) is -2.08. The van der Waals surface area contributed by atoms with Crippen LogP contribution in [0.4, 0.5) is 5.13 Å². The number of rotatable bonds is 9. The van der Waals surface area contributed by atoms with Crippen molar-refractivity contribution in [1.82, 2.24) is 4.98 Å². The van der Waals surface area contributed by atoms with Crippen molar-refractivity contribution in [1.29, 1.82) is 0 Å². The van der Waals surface area contributed by atoms with E-state index in [2.05, 4.69) is 11.9 Å². The van der Waals surface area contributed by atoms with E-state index >= 15 is 0 Å². The van der Waals surface area contributed by atoms with Crippen molar-refractivity contribution in [2.45, 2.75) is 39.7 Å². The molecule has 1 fully saturated rings. The van der Waals surface area contributed by atoms with Crippen LogP contribution in [0.2, 0.25) is 5.02 Å². The molecule has 0 aliphatic carbocycles. The van der Waals surface area contributed by atoms with E-state index in [9.17, 15) is 19.5 Å². The molecule has 0 spiro atoms. The molecule has 10 heteroatoms. The van der Waals surface area contributed by atoms with Crippen LogP contribution in [-0.4, -0.2) is 41.0 Å². The van der Waals surface area contributed by atoms with Gasteiger partial charge in [-0.05, 0) is 62.2 Å². The van der Waals surface area contributed by atoms with Gasteiger partial charge in [-0.1, -0.05) is 48.4 Å². The summed E-state index contributed by atoms with van der Waals surface area (Å²) in [6, 6.07) is 12.3. The molecule has 0 radical (unpaired) electrons. The summed E-state index contributed by atoms with van der Waals surface area (Å²) in [5.41, 5.74) is 1.14. The third kappa shape index (κ3) is 5.44. The highest BCUT2D eigenvalue weighted by Gasteiger charge is 2.48. The number of thiazole rings is 1. The number of aliphatic hydroxyl groups excluding tert-OH is 1. The average Bonchev–Trinajstić information content (AvgIpc) is 3.41. The Bertz CT molecular complexity index is 1400. The van der Waals surface area contributed by atoms with Gasteiger partial charge in [-0.2, -0.15) is 0 Å². The molecule has 0 bridgehead atoms. The molecule has 3 aromatic rings. The van der Waals surface area contributed by atoms with Gasteiger partial charge in [0.2, 0.25) is 0 Å². The van der Waals surface area contributed by atoms with Crippen molar-refractivity contribution in [3.05, 3.63) is 80.8 Å². The third-order valence-electron chi connectivity index (χ3n) is 5.95. The van der Waals surface area contributed by atoms with Crippen LogP contribution in [0.15, 0.2) is 54.1 Å². The summed E-state index contributed by atoms with van der Waals surface area (Å²) >= 11 is 6.96. The number of aliphatic hydroxyl groups is 1. The van der Waals surface area contributed by atoms with Crippen molar-refractivity contribution in [2.24, 2.45) is 0 Å². The summed E-state index contributed by atoms with van der Waals surface area (Å²) < 4.78 is 11.0. The molecule has 38 heavy (non-hydrogen) atoms. The molecule has 1 atom stereocenters. The van der Waals surface area contributed by atoms with Gasteiger partial charge in [0, 0.05) is 10.6 Å². The first kappa shape index (κ1) is 27.3. The zero-order chi connectivity index (χ0) is 27.4. The molecular weight excluding hydrogens is 528 g/mol. The van der Waals surface area contributed by atoms with Crippen LogP contribution in [0.25, 0.3) is 5.76 Å². The Morgan fingerprint density at radius 2 is 1.89 bits per heavy atom. The summed E-state index contributed by atoms with van der Waals surface area (Å²) in [4.78, 5) is 45.2. The number of aromatic nitrogens is 1. The van der Waals surface area contributed by atoms with Crippen molar-refractivity contribution in [3.8, 4) is 5.75 Å². The van der Waals surface area contributed by atoms with Gasteiger partial charge < -0.3 is 14.6 Å². The minimum absolute atomic E-state index is 0.103. The summed E-state index contributed by atoms with van der Waals surface area (Å²) in [7, 11) is 0. The van der Waals surface area contributed by atoms with Crippen molar-refractivity contribution in [2.75, 3.05) is 18.1 Å². The first-order chi connectivity index (χ1) is 18.3. The fourth-order valence-corrected chi connectivity index (χ4v) is 5.20. The van der Waals surface area contributed by atoms with Crippen LogP contribution in [0.5, 0.6) is 5.75 Å². The van der Waals surface area contributed by atoms with Crippen molar-refractivity contribution >= 4 is 51.5 Å². The highest BCUT2D eigenvalue weighted by atomic mass is 35.5. The fourth-order valence-electron chi connectivity index (χ4n) is 4.09. The molecular formula is C28H27ClN2O6S. The van der Waals surface area contributed by atoms with Crippen LogP contribution in [0.1, 0.15) is 59.2 Å². The zero-order valence-electron chi connectivity index (χ0n) is 21.2. The summed E-state index contributed by atoms with van der Waals surface area (Å²) in [5, 5.41) is 11.9. The van der Waals surface area contributed by atoms with E-state index in [0.29, 0.717) is 34.2 Å². The molecule has 1 N–H and O–H groups in total. The topological polar surface area (TPSA) is 106 Å². The monoisotopic (exact) mass is 554 g/mol. The van der Waals surface area contributed by atoms with E-state index in [1.54, 1.807) is 62.4 Å². The van der Waals surface area contributed by atoms with Gasteiger partial charge in [-0.25, -0.2) is 9.78 Å². The lowest BCUT2D eigenvalue weighted by atomic mass is 9.95. The van der Waals surface area contributed by atoms with Gasteiger partial charge in [-0.3, -0.25) is 14.5 Å². The lowest BCUT2D eigenvalue weighted by Gasteiger charge is -2.23. The number of ether oxygens (including phenoxy) is 2. The Kier molecular flexibility index (Phi) is 8.48. The minimum Gasteiger partial charge on any atom is -0.507 e. The zero-order valence-corrected chi connectivity index (χ0v) is 22.8. The summed E-state index contributed by atoms with van der Waals surface area (Å²) in [6.07, 6.45) is 1.83. The molecule has 1 amide bonds. The average molecular weight is 555 g/mol. The molecule has 2 heterocycles. The maximum atomic E-state index is 13.4. The van der Waals surface area contributed by atoms with E-state index in [-0.39, 0.29) is 27.9 Å². The molecule has 1 aromatic heterocycles. The van der Waals surface area contributed by atoms with Gasteiger partial charge in [0.05, 0.1) is 30.5 Å². The first-order valence-corrected chi connectivity index (χ1v) is 13.4. The molecule has 2 aromatic carbocycles. The maximum Gasteiger partial charge on any atom is 0.350 e. The van der Waals surface area contributed by atoms with Gasteiger partial charge in [0.1, 0.15) is 16.4 Å². The van der Waals surface area contributed by atoms with Crippen molar-refractivity contribution in [3.63, 3.8) is 0 Å². The van der Waals surface area contributed by atoms with Crippen LogP contribution < -0.4 is 9.64 Å². The molecule has 198 valence electrons. The van der Waals surface area contributed by atoms with E-state index in [1.807, 2.05) is 0 Å².